The van der Waals surface area contributed by atoms with E-state index in [0.717, 1.165) is 30.3 Å². The molecule has 8 nitrogen and oxygen atoms in total. The molecule has 144 valence electrons. The maximum atomic E-state index is 10.1. The topological polar surface area (TPSA) is 90.0 Å². The lowest BCUT2D eigenvalue weighted by Crippen LogP contribution is -2.19. The summed E-state index contributed by atoms with van der Waals surface area (Å²) in [6, 6.07) is 1.84. The second kappa shape index (κ2) is 8.02. The summed E-state index contributed by atoms with van der Waals surface area (Å²) in [6.45, 7) is 2.42. The predicted octanol–water partition coefficient (Wildman–Crippen LogP) is 4.36. The van der Waals surface area contributed by atoms with Gasteiger partial charge in [-0.25, -0.2) is 4.68 Å². The first kappa shape index (κ1) is 19.1. The number of nitrogens with zero attached hydrogens (tertiary/aromatic N) is 5. The van der Waals surface area contributed by atoms with Crippen LogP contribution in [-0.2, 0) is 0 Å². The number of halogens is 2. The maximum Gasteiger partial charge on any atom is 0.232 e. The highest BCUT2D eigenvalue weighted by molar-refractivity contribution is 14.2. The SMILES string of the molecule is CCOc1nc(Nc2cnn(C3CCCC3O)c2Cl)nc2c1ccn2SI. The number of fused-ring (bicyclic) bond motifs is 1. The van der Waals surface area contributed by atoms with Crippen LogP contribution in [0.25, 0.3) is 11.0 Å². The lowest BCUT2D eigenvalue weighted by atomic mass is 10.2. The highest BCUT2D eigenvalue weighted by Crippen LogP contribution is 2.36. The van der Waals surface area contributed by atoms with Crippen LogP contribution >= 0.6 is 41.9 Å². The number of hydrogen-bond acceptors (Lipinski definition) is 7. The molecule has 0 amide bonds. The number of aliphatic hydroxyl groups excluding tert-OH is 1. The molecular formula is C16H18ClIN6O2S. The molecule has 0 spiro atoms. The second-order valence-corrected chi connectivity index (χ2v) is 8.29. The van der Waals surface area contributed by atoms with E-state index in [0.29, 0.717) is 29.3 Å². The van der Waals surface area contributed by atoms with Gasteiger partial charge in [-0.2, -0.15) is 15.1 Å². The van der Waals surface area contributed by atoms with Crippen LogP contribution in [0.1, 0.15) is 32.2 Å². The van der Waals surface area contributed by atoms with E-state index in [9.17, 15) is 5.11 Å². The molecule has 2 N–H and O–H groups in total. The first-order chi connectivity index (χ1) is 13.1. The minimum absolute atomic E-state index is 0.0944. The standard InChI is InChI=1S/C16H18ClIN6O2S/c1-2-26-15-9-6-7-23(27-18)14(9)21-16(22-15)20-10-8-19-24(13(10)17)11-4-3-5-12(11)25/h6-8,11-12,25H,2-5H2,1H3,(H,20,21,22). The van der Waals surface area contributed by atoms with Gasteiger partial charge in [0.1, 0.15) is 0 Å². The Bertz CT molecular complexity index is 964. The van der Waals surface area contributed by atoms with Crippen molar-refractivity contribution in [1.29, 1.82) is 0 Å². The van der Waals surface area contributed by atoms with Crippen molar-refractivity contribution in [3.05, 3.63) is 23.6 Å². The van der Waals surface area contributed by atoms with Crippen LogP contribution in [0.15, 0.2) is 18.5 Å². The van der Waals surface area contributed by atoms with Crippen LogP contribution in [0, 0.1) is 0 Å². The third-order valence-corrected chi connectivity index (χ3v) is 6.66. The minimum Gasteiger partial charge on any atom is -0.477 e. The molecule has 4 rings (SSSR count). The Hall–Kier alpha value is -1.24. The fourth-order valence-electron chi connectivity index (χ4n) is 3.31. The molecule has 1 aliphatic rings. The molecule has 1 fully saturated rings. The Balaban J connectivity index is 1.68. The van der Waals surface area contributed by atoms with Crippen molar-refractivity contribution in [2.24, 2.45) is 0 Å². The monoisotopic (exact) mass is 520 g/mol. The molecule has 27 heavy (non-hydrogen) atoms. The number of aliphatic hydroxyl groups is 1. The Kier molecular flexibility index (Phi) is 5.67. The third kappa shape index (κ3) is 3.59. The van der Waals surface area contributed by atoms with E-state index in [1.807, 2.05) is 23.2 Å². The summed E-state index contributed by atoms with van der Waals surface area (Å²) in [7, 11) is 1.51. The Labute approximate surface area is 177 Å². The molecule has 3 aromatic rings. The summed E-state index contributed by atoms with van der Waals surface area (Å²) < 4.78 is 9.29. The largest absolute Gasteiger partial charge is 0.477 e. The molecule has 0 saturated heterocycles. The lowest BCUT2D eigenvalue weighted by Gasteiger charge is -2.16. The van der Waals surface area contributed by atoms with E-state index in [-0.39, 0.29) is 6.04 Å². The number of rotatable bonds is 6. The van der Waals surface area contributed by atoms with E-state index in [4.69, 9.17) is 16.3 Å². The predicted molar refractivity (Wildman–Crippen MR) is 115 cm³/mol. The van der Waals surface area contributed by atoms with Crippen LogP contribution in [0.3, 0.4) is 0 Å². The zero-order valence-corrected chi connectivity index (χ0v) is 18.2. The second-order valence-electron chi connectivity index (χ2n) is 6.22. The Morgan fingerprint density at radius 1 is 1.44 bits per heavy atom. The third-order valence-electron chi connectivity index (χ3n) is 4.57. The van der Waals surface area contributed by atoms with Gasteiger partial charge in [0.25, 0.3) is 0 Å². The summed E-state index contributed by atoms with van der Waals surface area (Å²) >= 11 is 8.70. The van der Waals surface area contributed by atoms with Crippen LogP contribution in [0.5, 0.6) is 5.88 Å². The summed E-state index contributed by atoms with van der Waals surface area (Å²) in [6.07, 6.45) is 5.73. The highest BCUT2D eigenvalue weighted by Gasteiger charge is 2.29. The molecule has 2 unspecified atom stereocenters. The first-order valence-electron chi connectivity index (χ1n) is 8.61. The van der Waals surface area contributed by atoms with Gasteiger partial charge in [0, 0.05) is 36.5 Å². The van der Waals surface area contributed by atoms with Crippen molar-refractivity contribution < 1.29 is 9.84 Å². The smallest absolute Gasteiger partial charge is 0.232 e. The van der Waals surface area contributed by atoms with E-state index in [1.54, 1.807) is 10.9 Å². The fourth-order valence-corrected chi connectivity index (χ4v) is 4.84. The van der Waals surface area contributed by atoms with Crippen molar-refractivity contribution >= 4 is 64.6 Å². The van der Waals surface area contributed by atoms with Gasteiger partial charge in [-0.1, -0.05) is 11.6 Å². The minimum atomic E-state index is -0.420. The van der Waals surface area contributed by atoms with Crippen molar-refractivity contribution in [3.8, 4) is 5.88 Å². The molecular weight excluding hydrogens is 503 g/mol. The van der Waals surface area contributed by atoms with Gasteiger partial charge in [0.2, 0.25) is 11.8 Å². The summed E-state index contributed by atoms with van der Waals surface area (Å²) in [5.41, 5.74) is 1.35. The van der Waals surface area contributed by atoms with Crippen molar-refractivity contribution in [2.45, 2.75) is 38.3 Å². The average Bonchev–Trinajstić information content (AvgIpc) is 3.35. The molecule has 2 atom stereocenters. The number of nitrogens with one attached hydrogen (secondary N) is 1. The zero-order chi connectivity index (χ0) is 19.0. The highest BCUT2D eigenvalue weighted by atomic mass is 127. The summed E-state index contributed by atoms with van der Waals surface area (Å²) in [4.78, 5) is 9.08. The molecule has 11 heteroatoms. The van der Waals surface area contributed by atoms with Crippen LogP contribution in [-0.4, -0.2) is 41.5 Å². The lowest BCUT2D eigenvalue weighted by molar-refractivity contribution is 0.130. The number of hydrogen-bond donors (Lipinski definition) is 2. The molecule has 0 aromatic carbocycles. The fraction of sp³-hybridized carbons (Fsp3) is 0.438. The van der Waals surface area contributed by atoms with Crippen LogP contribution in [0.4, 0.5) is 11.6 Å². The van der Waals surface area contributed by atoms with Crippen molar-refractivity contribution in [2.75, 3.05) is 11.9 Å². The maximum absolute atomic E-state index is 10.1. The van der Waals surface area contributed by atoms with E-state index >= 15 is 0 Å². The summed E-state index contributed by atoms with van der Waals surface area (Å²) in [5.74, 6) is 0.897. The van der Waals surface area contributed by atoms with Gasteiger partial charge in [0.15, 0.2) is 10.8 Å². The van der Waals surface area contributed by atoms with E-state index in [1.165, 1.54) is 9.12 Å². The average molecular weight is 521 g/mol. The Morgan fingerprint density at radius 2 is 2.30 bits per heavy atom. The first-order valence-corrected chi connectivity index (χ1v) is 12.3. The molecule has 3 aromatic heterocycles. The zero-order valence-electron chi connectivity index (χ0n) is 14.5. The molecule has 1 saturated carbocycles. The quantitative estimate of drug-likeness (QED) is 0.467. The number of anilines is 2. The number of ether oxygens (including phenoxy) is 1. The Morgan fingerprint density at radius 3 is 3.00 bits per heavy atom. The van der Waals surface area contributed by atoms with Gasteiger partial charge in [-0.3, -0.25) is 3.97 Å². The van der Waals surface area contributed by atoms with Crippen LogP contribution in [0.2, 0.25) is 5.15 Å². The van der Waals surface area contributed by atoms with Crippen molar-refractivity contribution in [1.82, 2.24) is 23.7 Å². The van der Waals surface area contributed by atoms with Gasteiger partial charge < -0.3 is 15.2 Å². The summed E-state index contributed by atoms with van der Waals surface area (Å²) in [5, 5.41) is 18.9. The number of aromatic nitrogens is 5. The van der Waals surface area contributed by atoms with Gasteiger partial charge in [0.05, 0.1) is 36.0 Å². The van der Waals surface area contributed by atoms with Crippen molar-refractivity contribution in [3.63, 3.8) is 0 Å². The van der Waals surface area contributed by atoms with E-state index in [2.05, 4.69) is 41.6 Å². The van der Waals surface area contributed by atoms with Gasteiger partial charge in [-0.15, -0.1) is 0 Å². The molecule has 0 bridgehead atoms. The van der Waals surface area contributed by atoms with Gasteiger partial charge >= 0.3 is 0 Å². The molecule has 3 heterocycles. The molecule has 0 aliphatic heterocycles. The molecule has 0 radical (unpaired) electrons. The van der Waals surface area contributed by atoms with E-state index < -0.39 is 6.10 Å². The van der Waals surface area contributed by atoms with Gasteiger partial charge in [-0.05, 0) is 32.3 Å². The molecule has 1 aliphatic carbocycles. The normalized spacial score (nSPS) is 19.7. The van der Waals surface area contributed by atoms with Crippen LogP contribution < -0.4 is 10.1 Å².